The van der Waals surface area contributed by atoms with E-state index in [1.165, 1.54) is 55.6 Å². The molecule has 0 spiro atoms. The Hall–Kier alpha value is -7.68. The summed E-state index contributed by atoms with van der Waals surface area (Å²) in [5, 5.41) is 1.16. The van der Waals surface area contributed by atoms with Crippen LogP contribution < -0.4 is 4.90 Å². The normalized spacial score (nSPS) is 11.1. The van der Waals surface area contributed by atoms with Crippen molar-refractivity contribution in [1.29, 1.82) is 0 Å². The highest BCUT2D eigenvalue weighted by Crippen LogP contribution is 2.40. The Morgan fingerprint density at radius 1 is 0.305 bits per heavy atom. The van der Waals surface area contributed by atoms with E-state index in [1.807, 2.05) is 12.1 Å². The second-order valence-electron chi connectivity index (χ2n) is 15.0. The van der Waals surface area contributed by atoms with Crippen LogP contribution in [0, 0.1) is 6.92 Å². The smallest absolute Gasteiger partial charge is 0.138 e. The number of anilines is 3. The lowest BCUT2D eigenvalue weighted by molar-refractivity contribution is 0.629. The van der Waals surface area contributed by atoms with Crippen LogP contribution in [-0.4, -0.2) is 0 Å². The van der Waals surface area contributed by atoms with Gasteiger partial charge in [-0.1, -0.05) is 182 Å². The standard InChI is InChI=1S/C57H41NO/c1-40-53-19-10-11-22-56(53)59-57(40)49-18-12-17-48(39-49)45-25-23-42(24-26-45)44-29-35-51(36-30-44)58(50-33-27-43(28-34-50)41-13-4-2-5-14-41)52-37-31-47(32-38-52)55-21-9-8-20-54(55)46-15-6-3-7-16-46/h2-39H,1H3. The summed E-state index contributed by atoms with van der Waals surface area (Å²) in [6.07, 6.45) is 0. The van der Waals surface area contributed by atoms with Crippen molar-refractivity contribution >= 4 is 28.0 Å². The second-order valence-corrected chi connectivity index (χ2v) is 15.0. The monoisotopic (exact) mass is 755 g/mol. The summed E-state index contributed by atoms with van der Waals surface area (Å²) < 4.78 is 6.30. The minimum atomic E-state index is 0.920. The van der Waals surface area contributed by atoms with Gasteiger partial charge < -0.3 is 9.32 Å². The van der Waals surface area contributed by atoms with Crippen molar-refractivity contribution in [1.82, 2.24) is 0 Å². The van der Waals surface area contributed by atoms with E-state index in [0.29, 0.717) is 0 Å². The summed E-state index contributed by atoms with van der Waals surface area (Å²) in [6, 6.07) is 82.3. The van der Waals surface area contributed by atoms with E-state index in [2.05, 4.69) is 230 Å². The fraction of sp³-hybridized carbons (Fsp3) is 0.0175. The molecule has 9 aromatic carbocycles. The molecule has 0 unspecified atom stereocenters. The van der Waals surface area contributed by atoms with Crippen LogP contribution in [0.3, 0.4) is 0 Å². The van der Waals surface area contributed by atoms with Gasteiger partial charge in [-0.15, -0.1) is 0 Å². The molecule has 0 bridgehead atoms. The summed E-state index contributed by atoms with van der Waals surface area (Å²) in [5.41, 5.74) is 18.4. The number of hydrogen-bond acceptors (Lipinski definition) is 2. The molecule has 0 saturated carbocycles. The van der Waals surface area contributed by atoms with Crippen molar-refractivity contribution in [3.8, 4) is 67.0 Å². The highest BCUT2D eigenvalue weighted by molar-refractivity contribution is 5.89. The zero-order valence-electron chi connectivity index (χ0n) is 32.8. The van der Waals surface area contributed by atoms with E-state index in [1.54, 1.807) is 0 Å². The number of benzene rings is 9. The van der Waals surface area contributed by atoms with Gasteiger partial charge in [0.05, 0.1) is 0 Å². The molecule has 2 nitrogen and oxygen atoms in total. The van der Waals surface area contributed by atoms with Gasteiger partial charge in [0.25, 0.3) is 0 Å². The first kappa shape index (κ1) is 35.7. The fourth-order valence-corrected chi connectivity index (χ4v) is 8.22. The number of rotatable bonds is 9. The van der Waals surface area contributed by atoms with Crippen LogP contribution in [-0.2, 0) is 0 Å². The lowest BCUT2D eigenvalue weighted by Crippen LogP contribution is -2.09. The van der Waals surface area contributed by atoms with Gasteiger partial charge in [-0.2, -0.15) is 0 Å². The molecule has 59 heavy (non-hydrogen) atoms. The Morgan fingerprint density at radius 2 is 0.678 bits per heavy atom. The van der Waals surface area contributed by atoms with Crippen LogP contribution in [0.5, 0.6) is 0 Å². The average Bonchev–Trinajstić information content (AvgIpc) is 3.66. The molecule has 0 N–H and O–H groups in total. The van der Waals surface area contributed by atoms with Crippen molar-refractivity contribution < 1.29 is 4.42 Å². The van der Waals surface area contributed by atoms with Crippen LogP contribution in [0.25, 0.3) is 77.9 Å². The molecule has 2 heteroatoms. The summed E-state index contributed by atoms with van der Waals surface area (Å²) in [4.78, 5) is 2.34. The lowest BCUT2D eigenvalue weighted by atomic mass is 9.94. The van der Waals surface area contributed by atoms with Gasteiger partial charge in [-0.05, 0) is 111 Å². The maximum atomic E-state index is 6.30. The third kappa shape index (κ3) is 7.14. The van der Waals surface area contributed by atoms with Crippen molar-refractivity contribution in [2.75, 3.05) is 4.90 Å². The van der Waals surface area contributed by atoms with Crippen LogP contribution in [0.1, 0.15) is 5.56 Å². The molecule has 0 amide bonds. The molecule has 0 aliphatic rings. The molecule has 0 aliphatic heterocycles. The number of fused-ring (bicyclic) bond motifs is 1. The number of furan rings is 1. The van der Waals surface area contributed by atoms with E-state index < -0.39 is 0 Å². The highest BCUT2D eigenvalue weighted by Gasteiger charge is 2.16. The third-order valence-electron chi connectivity index (χ3n) is 11.3. The van der Waals surface area contributed by atoms with Crippen LogP contribution in [0.15, 0.2) is 235 Å². The van der Waals surface area contributed by atoms with E-state index in [4.69, 9.17) is 4.42 Å². The predicted octanol–water partition coefficient (Wildman–Crippen LogP) is 16.2. The van der Waals surface area contributed by atoms with Crippen LogP contribution in [0.2, 0.25) is 0 Å². The molecule has 0 aliphatic carbocycles. The van der Waals surface area contributed by atoms with Crippen molar-refractivity contribution in [3.05, 3.63) is 236 Å². The van der Waals surface area contributed by atoms with Crippen molar-refractivity contribution in [2.45, 2.75) is 6.92 Å². The predicted molar refractivity (Wildman–Crippen MR) is 248 cm³/mol. The highest BCUT2D eigenvalue weighted by atomic mass is 16.3. The zero-order valence-corrected chi connectivity index (χ0v) is 32.8. The van der Waals surface area contributed by atoms with Crippen molar-refractivity contribution in [3.63, 3.8) is 0 Å². The van der Waals surface area contributed by atoms with Gasteiger partial charge in [0.2, 0.25) is 0 Å². The van der Waals surface area contributed by atoms with E-state index in [-0.39, 0.29) is 0 Å². The Labute approximate surface area is 345 Å². The maximum absolute atomic E-state index is 6.30. The summed E-state index contributed by atoms with van der Waals surface area (Å²) in [5.74, 6) is 0.926. The molecular formula is C57H41NO. The number of para-hydroxylation sites is 1. The topological polar surface area (TPSA) is 16.4 Å². The molecule has 0 radical (unpaired) electrons. The number of nitrogens with zero attached hydrogens (tertiary/aromatic N) is 1. The van der Waals surface area contributed by atoms with E-state index >= 15 is 0 Å². The summed E-state index contributed by atoms with van der Waals surface area (Å²) in [6.45, 7) is 2.14. The number of hydrogen-bond donors (Lipinski definition) is 0. The lowest BCUT2D eigenvalue weighted by Gasteiger charge is -2.26. The van der Waals surface area contributed by atoms with E-state index in [9.17, 15) is 0 Å². The maximum Gasteiger partial charge on any atom is 0.138 e. The van der Waals surface area contributed by atoms with Gasteiger partial charge >= 0.3 is 0 Å². The fourth-order valence-electron chi connectivity index (χ4n) is 8.22. The quantitative estimate of drug-likeness (QED) is 0.146. The molecular weight excluding hydrogens is 715 g/mol. The van der Waals surface area contributed by atoms with E-state index in [0.717, 1.165) is 44.9 Å². The van der Waals surface area contributed by atoms with Gasteiger partial charge in [0, 0.05) is 33.6 Å². The molecule has 1 aromatic heterocycles. The molecule has 280 valence electrons. The molecule has 0 saturated heterocycles. The van der Waals surface area contributed by atoms with Gasteiger partial charge in [0.1, 0.15) is 11.3 Å². The first-order valence-corrected chi connectivity index (χ1v) is 20.2. The molecule has 10 aromatic rings. The Morgan fingerprint density at radius 3 is 1.22 bits per heavy atom. The Bertz CT molecular complexity index is 3000. The molecule has 0 atom stereocenters. The zero-order chi connectivity index (χ0) is 39.5. The summed E-state index contributed by atoms with van der Waals surface area (Å²) >= 11 is 0. The Kier molecular flexibility index (Phi) is 9.50. The Balaban J connectivity index is 0.952. The molecule has 1 heterocycles. The number of aryl methyl sites for hydroxylation is 1. The minimum absolute atomic E-state index is 0.920. The van der Waals surface area contributed by atoms with Gasteiger partial charge in [0.15, 0.2) is 0 Å². The molecule has 0 fully saturated rings. The SMILES string of the molecule is Cc1c(-c2cccc(-c3ccc(-c4ccc(N(c5ccc(-c6ccccc6)cc5)c5ccc(-c6ccccc6-c6ccccc6)cc5)cc4)cc3)c2)oc2ccccc12. The first-order chi connectivity index (χ1) is 29.2. The first-order valence-electron chi connectivity index (χ1n) is 20.2. The third-order valence-corrected chi connectivity index (χ3v) is 11.3. The largest absolute Gasteiger partial charge is 0.456 e. The van der Waals surface area contributed by atoms with Crippen molar-refractivity contribution in [2.24, 2.45) is 0 Å². The van der Waals surface area contributed by atoms with Crippen LogP contribution >= 0.6 is 0 Å². The second kappa shape index (κ2) is 15.7. The minimum Gasteiger partial charge on any atom is -0.456 e. The van der Waals surface area contributed by atoms with Gasteiger partial charge in [-0.25, -0.2) is 0 Å². The van der Waals surface area contributed by atoms with Crippen LogP contribution in [0.4, 0.5) is 17.1 Å². The molecule has 10 rings (SSSR count). The van der Waals surface area contributed by atoms with Gasteiger partial charge in [-0.3, -0.25) is 0 Å². The summed E-state index contributed by atoms with van der Waals surface area (Å²) in [7, 11) is 0. The average molecular weight is 756 g/mol.